The summed E-state index contributed by atoms with van der Waals surface area (Å²) in [6.45, 7) is 4.21. The standard InChI is InChI=1S/C16H26N2O2S.ClH/c1-13-7-8-15(11-14(13)2)21(19,20)18-12-16(17)9-5-3-4-6-10-16;/h7-8,11,18H,3-6,9-10,12,17H2,1-2H3;1H. The van der Waals surface area contributed by atoms with E-state index in [1.54, 1.807) is 12.1 Å². The highest BCUT2D eigenvalue weighted by Crippen LogP contribution is 2.25. The SMILES string of the molecule is Cc1ccc(S(=O)(=O)NCC2(N)CCCCCC2)cc1C.Cl. The fourth-order valence-electron chi connectivity index (χ4n) is 2.81. The van der Waals surface area contributed by atoms with Crippen LogP contribution in [0.25, 0.3) is 0 Å². The number of sulfonamides is 1. The molecular formula is C16H27ClN2O2S. The van der Waals surface area contributed by atoms with E-state index >= 15 is 0 Å². The van der Waals surface area contributed by atoms with Crippen molar-refractivity contribution in [2.24, 2.45) is 5.73 Å². The van der Waals surface area contributed by atoms with Crippen molar-refractivity contribution in [2.75, 3.05) is 6.54 Å². The molecular weight excluding hydrogens is 320 g/mol. The van der Waals surface area contributed by atoms with Gasteiger partial charge in [0.2, 0.25) is 10.0 Å². The van der Waals surface area contributed by atoms with Gasteiger partial charge in [-0.1, -0.05) is 31.7 Å². The Morgan fingerprint density at radius 1 is 1.09 bits per heavy atom. The van der Waals surface area contributed by atoms with E-state index in [4.69, 9.17) is 5.73 Å². The Bertz CT molecular complexity index is 594. The molecule has 0 bridgehead atoms. The molecule has 6 heteroatoms. The van der Waals surface area contributed by atoms with Crippen molar-refractivity contribution < 1.29 is 8.42 Å². The number of nitrogens with one attached hydrogen (secondary N) is 1. The predicted molar refractivity (Wildman–Crippen MR) is 93.0 cm³/mol. The zero-order valence-corrected chi connectivity index (χ0v) is 15.0. The van der Waals surface area contributed by atoms with Crippen LogP contribution in [0, 0.1) is 13.8 Å². The van der Waals surface area contributed by atoms with Gasteiger partial charge < -0.3 is 5.73 Å². The molecule has 0 saturated heterocycles. The third-order valence-corrected chi connectivity index (χ3v) is 5.90. The van der Waals surface area contributed by atoms with Crippen LogP contribution in [-0.2, 0) is 10.0 Å². The van der Waals surface area contributed by atoms with Crippen molar-refractivity contribution in [3.63, 3.8) is 0 Å². The lowest BCUT2D eigenvalue weighted by atomic mass is 9.92. The molecule has 0 spiro atoms. The van der Waals surface area contributed by atoms with Crippen molar-refractivity contribution in [1.82, 2.24) is 4.72 Å². The number of hydrogen-bond donors (Lipinski definition) is 2. The van der Waals surface area contributed by atoms with E-state index in [9.17, 15) is 8.42 Å². The molecule has 1 aromatic rings. The number of nitrogens with two attached hydrogens (primary N) is 1. The molecule has 2 rings (SSSR count). The average molecular weight is 347 g/mol. The fraction of sp³-hybridized carbons (Fsp3) is 0.625. The normalized spacial score (nSPS) is 18.3. The minimum Gasteiger partial charge on any atom is -0.324 e. The van der Waals surface area contributed by atoms with E-state index in [0.29, 0.717) is 11.4 Å². The van der Waals surface area contributed by atoms with Crippen LogP contribution in [0.3, 0.4) is 0 Å². The van der Waals surface area contributed by atoms with Crippen LogP contribution in [0.1, 0.15) is 49.7 Å². The van der Waals surface area contributed by atoms with Crippen LogP contribution < -0.4 is 10.5 Å². The first-order chi connectivity index (χ1) is 9.82. The number of aryl methyl sites for hydroxylation is 2. The van der Waals surface area contributed by atoms with Crippen LogP contribution in [-0.4, -0.2) is 20.5 Å². The van der Waals surface area contributed by atoms with Crippen molar-refractivity contribution in [2.45, 2.75) is 62.8 Å². The quantitative estimate of drug-likeness (QED) is 0.823. The van der Waals surface area contributed by atoms with Gasteiger partial charge in [-0.15, -0.1) is 12.4 Å². The predicted octanol–water partition coefficient (Wildman–Crippen LogP) is 3.06. The Balaban J connectivity index is 0.00000242. The molecule has 0 aliphatic heterocycles. The van der Waals surface area contributed by atoms with Crippen LogP contribution >= 0.6 is 12.4 Å². The van der Waals surface area contributed by atoms with Crippen LogP contribution in [0.15, 0.2) is 23.1 Å². The molecule has 1 fully saturated rings. The second kappa shape index (κ2) is 7.77. The summed E-state index contributed by atoms with van der Waals surface area (Å²) in [4.78, 5) is 0.322. The molecule has 1 saturated carbocycles. The molecule has 22 heavy (non-hydrogen) atoms. The van der Waals surface area contributed by atoms with E-state index in [-0.39, 0.29) is 12.4 Å². The summed E-state index contributed by atoms with van der Waals surface area (Å²) < 4.78 is 27.5. The van der Waals surface area contributed by atoms with E-state index in [0.717, 1.165) is 36.8 Å². The van der Waals surface area contributed by atoms with Gasteiger partial charge in [0.05, 0.1) is 4.90 Å². The van der Waals surface area contributed by atoms with Gasteiger partial charge in [0.1, 0.15) is 0 Å². The molecule has 4 nitrogen and oxygen atoms in total. The zero-order valence-electron chi connectivity index (χ0n) is 13.4. The first-order valence-corrected chi connectivity index (χ1v) is 9.17. The maximum atomic E-state index is 12.4. The first-order valence-electron chi connectivity index (χ1n) is 7.68. The van der Waals surface area contributed by atoms with E-state index in [2.05, 4.69) is 4.72 Å². The van der Waals surface area contributed by atoms with Gasteiger partial charge in [-0.2, -0.15) is 0 Å². The number of hydrogen-bond acceptors (Lipinski definition) is 3. The van der Waals surface area contributed by atoms with Gasteiger partial charge in [0.15, 0.2) is 0 Å². The molecule has 1 aliphatic carbocycles. The summed E-state index contributed by atoms with van der Waals surface area (Å²) in [5, 5.41) is 0. The van der Waals surface area contributed by atoms with Crippen LogP contribution in [0.2, 0.25) is 0 Å². The Morgan fingerprint density at radius 2 is 1.68 bits per heavy atom. The Labute approximate surface area is 140 Å². The van der Waals surface area contributed by atoms with Gasteiger partial charge in [-0.3, -0.25) is 0 Å². The number of halogens is 1. The van der Waals surface area contributed by atoms with E-state index < -0.39 is 15.6 Å². The fourth-order valence-corrected chi connectivity index (χ4v) is 4.04. The zero-order chi connectivity index (χ0) is 15.5. The van der Waals surface area contributed by atoms with Gasteiger partial charge in [-0.05, 0) is 49.9 Å². The lowest BCUT2D eigenvalue weighted by Crippen LogP contribution is -2.49. The molecule has 0 aromatic heterocycles. The van der Waals surface area contributed by atoms with Gasteiger partial charge in [0, 0.05) is 12.1 Å². The topological polar surface area (TPSA) is 72.2 Å². The van der Waals surface area contributed by atoms with Crippen LogP contribution in [0.5, 0.6) is 0 Å². The molecule has 0 radical (unpaired) electrons. The second-order valence-corrected chi connectivity index (χ2v) is 8.11. The Morgan fingerprint density at radius 3 is 2.23 bits per heavy atom. The van der Waals surface area contributed by atoms with Crippen molar-refractivity contribution in [3.8, 4) is 0 Å². The minimum absolute atomic E-state index is 0. The average Bonchev–Trinajstić information content (AvgIpc) is 2.65. The molecule has 0 unspecified atom stereocenters. The summed E-state index contributed by atoms with van der Waals surface area (Å²) >= 11 is 0. The molecule has 0 heterocycles. The smallest absolute Gasteiger partial charge is 0.240 e. The summed E-state index contributed by atoms with van der Waals surface area (Å²) in [6.07, 6.45) is 6.35. The van der Waals surface area contributed by atoms with Crippen molar-refractivity contribution in [1.29, 1.82) is 0 Å². The molecule has 126 valence electrons. The summed E-state index contributed by atoms with van der Waals surface area (Å²) in [6, 6.07) is 5.21. The number of benzene rings is 1. The maximum absolute atomic E-state index is 12.4. The second-order valence-electron chi connectivity index (χ2n) is 6.35. The third-order valence-electron chi connectivity index (χ3n) is 4.50. The number of rotatable bonds is 4. The lowest BCUT2D eigenvalue weighted by Gasteiger charge is -2.28. The van der Waals surface area contributed by atoms with Gasteiger partial charge >= 0.3 is 0 Å². The molecule has 3 N–H and O–H groups in total. The first kappa shape index (κ1) is 19.4. The monoisotopic (exact) mass is 346 g/mol. The highest BCUT2D eigenvalue weighted by molar-refractivity contribution is 7.89. The van der Waals surface area contributed by atoms with E-state index in [1.165, 1.54) is 12.8 Å². The Hall–Kier alpha value is -0.620. The summed E-state index contributed by atoms with van der Waals surface area (Å²) in [7, 11) is -3.48. The summed E-state index contributed by atoms with van der Waals surface area (Å²) in [5.74, 6) is 0. The third kappa shape index (κ3) is 4.95. The van der Waals surface area contributed by atoms with Crippen molar-refractivity contribution in [3.05, 3.63) is 29.3 Å². The lowest BCUT2D eigenvalue weighted by molar-refractivity contribution is 0.369. The largest absolute Gasteiger partial charge is 0.324 e. The minimum atomic E-state index is -3.48. The van der Waals surface area contributed by atoms with Crippen molar-refractivity contribution >= 4 is 22.4 Å². The molecule has 1 aliphatic rings. The maximum Gasteiger partial charge on any atom is 0.240 e. The Kier molecular flexibility index (Phi) is 6.86. The highest BCUT2D eigenvalue weighted by atomic mass is 35.5. The highest BCUT2D eigenvalue weighted by Gasteiger charge is 2.28. The summed E-state index contributed by atoms with van der Waals surface area (Å²) in [5.41, 5.74) is 8.04. The van der Waals surface area contributed by atoms with Gasteiger partial charge in [0.25, 0.3) is 0 Å². The molecule has 0 atom stereocenters. The van der Waals surface area contributed by atoms with Crippen LogP contribution in [0.4, 0.5) is 0 Å². The van der Waals surface area contributed by atoms with Gasteiger partial charge in [-0.25, -0.2) is 13.1 Å². The molecule has 0 amide bonds. The molecule has 1 aromatic carbocycles. The van der Waals surface area contributed by atoms with E-state index in [1.807, 2.05) is 19.9 Å².